The average molecular weight is 248 g/mol. The molecule has 94 valence electrons. The summed E-state index contributed by atoms with van der Waals surface area (Å²) in [7, 11) is 0. The largest absolute Gasteiger partial charge is 0.398 e. The lowest BCUT2D eigenvalue weighted by molar-refractivity contribution is 0.574. The zero-order valence-corrected chi connectivity index (χ0v) is 10.0. The molecule has 0 aliphatic carbocycles. The van der Waals surface area contributed by atoms with Gasteiger partial charge in [-0.2, -0.15) is 0 Å². The van der Waals surface area contributed by atoms with E-state index in [-0.39, 0.29) is 6.54 Å². The van der Waals surface area contributed by atoms with Crippen molar-refractivity contribution < 1.29 is 8.78 Å². The van der Waals surface area contributed by atoms with Gasteiger partial charge in [0.05, 0.1) is 0 Å². The molecule has 0 unspecified atom stereocenters. The van der Waals surface area contributed by atoms with Crippen molar-refractivity contribution in [2.75, 3.05) is 11.1 Å². The third-order valence-corrected chi connectivity index (χ3v) is 2.86. The predicted octanol–water partition coefficient (Wildman–Crippen LogP) is 3.47. The lowest BCUT2D eigenvalue weighted by atomic mass is 10.1. The minimum absolute atomic E-state index is 0.288. The highest BCUT2D eigenvalue weighted by atomic mass is 19.1. The monoisotopic (exact) mass is 248 g/mol. The van der Waals surface area contributed by atoms with Gasteiger partial charge in [0, 0.05) is 29.5 Å². The number of hydrogen-bond donors (Lipinski definition) is 2. The highest BCUT2D eigenvalue weighted by molar-refractivity contribution is 5.62. The number of hydrogen-bond acceptors (Lipinski definition) is 2. The number of nitrogens with one attached hydrogen (secondary N) is 1. The highest BCUT2D eigenvalue weighted by Gasteiger charge is 2.05. The fraction of sp³-hybridized carbons (Fsp3) is 0.143. The molecule has 0 amide bonds. The molecule has 18 heavy (non-hydrogen) atoms. The summed E-state index contributed by atoms with van der Waals surface area (Å²) in [4.78, 5) is 0. The first-order valence-corrected chi connectivity index (χ1v) is 5.61. The van der Waals surface area contributed by atoms with E-state index in [2.05, 4.69) is 5.32 Å². The first-order chi connectivity index (χ1) is 8.58. The van der Waals surface area contributed by atoms with Crippen molar-refractivity contribution in [2.24, 2.45) is 0 Å². The fourth-order valence-electron chi connectivity index (χ4n) is 1.70. The molecule has 0 aromatic heterocycles. The number of rotatable bonds is 3. The van der Waals surface area contributed by atoms with Crippen LogP contribution in [0.15, 0.2) is 36.4 Å². The number of nitrogens with two attached hydrogens (primary N) is 1. The quantitative estimate of drug-likeness (QED) is 0.816. The maximum absolute atomic E-state index is 13.4. The molecule has 0 fully saturated rings. The van der Waals surface area contributed by atoms with Gasteiger partial charge >= 0.3 is 0 Å². The van der Waals surface area contributed by atoms with E-state index in [4.69, 9.17) is 5.73 Å². The molecule has 0 aliphatic heterocycles. The van der Waals surface area contributed by atoms with Crippen LogP contribution in [0.3, 0.4) is 0 Å². The molecule has 2 nitrogen and oxygen atoms in total. The van der Waals surface area contributed by atoms with Crippen LogP contribution in [0, 0.1) is 18.6 Å². The van der Waals surface area contributed by atoms with Crippen LogP contribution in [0.5, 0.6) is 0 Å². The molecule has 0 aliphatic rings. The summed E-state index contributed by atoms with van der Waals surface area (Å²) in [5.41, 5.74) is 8.63. The summed E-state index contributed by atoms with van der Waals surface area (Å²) in [6, 6.07) is 9.05. The van der Waals surface area contributed by atoms with Crippen molar-refractivity contribution in [3.8, 4) is 0 Å². The van der Waals surface area contributed by atoms with Gasteiger partial charge in [-0.05, 0) is 30.7 Å². The van der Waals surface area contributed by atoms with Crippen molar-refractivity contribution in [1.29, 1.82) is 0 Å². The van der Waals surface area contributed by atoms with Crippen LogP contribution < -0.4 is 11.1 Å². The van der Waals surface area contributed by atoms with Gasteiger partial charge in [-0.1, -0.05) is 12.1 Å². The van der Waals surface area contributed by atoms with Crippen LogP contribution >= 0.6 is 0 Å². The molecule has 0 radical (unpaired) electrons. The van der Waals surface area contributed by atoms with Crippen LogP contribution in [0.4, 0.5) is 20.2 Å². The predicted molar refractivity (Wildman–Crippen MR) is 69.3 cm³/mol. The maximum Gasteiger partial charge on any atom is 0.131 e. The second kappa shape index (κ2) is 5.04. The second-order valence-electron chi connectivity index (χ2n) is 4.11. The first-order valence-electron chi connectivity index (χ1n) is 5.61. The lowest BCUT2D eigenvalue weighted by Gasteiger charge is -2.11. The molecular weight excluding hydrogens is 234 g/mol. The molecule has 2 aromatic rings. The standard InChI is InChI=1S/C14H14F2N2/c1-9-13(17)3-2-4-14(9)18-8-10-5-6-11(15)7-12(10)16/h2-7,18H,8,17H2,1H3. The summed E-state index contributed by atoms with van der Waals surface area (Å²) < 4.78 is 26.2. The van der Waals surface area contributed by atoms with Gasteiger partial charge in [0.2, 0.25) is 0 Å². The third-order valence-electron chi connectivity index (χ3n) is 2.86. The van der Waals surface area contributed by atoms with E-state index >= 15 is 0 Å². The molecule has 4 heteroatoms. The summed E-state index contributed by atoms with van der Waals surface area (Å²) in [6.07, 6.45) is 0. The summed E-state index contributed by atoms with van der Waals surface area (Å²) in [5, 5.41) is 3.09. The Morgan fingerprint density at radius 3 is 2.67 bits per heavy atom. The van der Waals surface area contributed by atoms with Crippen LogP contribution in [-0.2, 0) is 6.54 Å². The molecule has 0 spiro atoms. The van der Waals surface area contributed by atoms with E-state index in [0.717, 1.165) is 17.3 Å². The van der Waals surface area contributed by atoms with Crippen LogP contribution in [0.2, 0.25) is 0 Å². The van der Waals surface area contributed by atoms with E-state index in [0.29, 0.717) is 11.3 Å². The Balaban J connectivity index is 2.14. The summed E-state index contributed by atoms with van der Waals surface area (Å²) in [6.45, 7) is 2.18. The van der Waals surface area contributed by atoms with Gasteiger partial charge in [-0.3, -0.25) is 0 Å². The lowest BCUT2D eigenvalue weighted by Crippen LogP contribution is -2.04. The Labute approximate surface area is 104 Å². The van der Waals surface area contributed by atoms with E-state index in [9.17, 15) is 8.78 Å². The minimum Gasteiger partial charge on any atom is -0.398 e. The van der Waals surface area contributed by atoms with Crippen LogP contribution in [0.1, 0.15) is 11.1 Å². The summed E-state index contributed by atoms with van der Waals surface area (Å²) >= 11 is 0. The third kappa shape index (κ3) is 2.59. The van der Waals surface area contributed by atoms with Gasteiger partial charge in [0.25, 0.3) is 0 Å². The number of nitrogen functional groups attached to an aromatic ring is 1. The van der Waals surface area contributed by atoms with E-state index in [1.165, 1.54) is 12.1 Å². The number of anilines is 2. The molecule has 2 rings (SSSR count). The molecular formula is C14H14F2N2. The second-order valence-corrected chi connectivity index (χ2v) is 4.11. The highest BCUT2D eigenvalue weighted by Crippen LogP contribution is 2.21. The Kier molecular flexibility index (Phi) is 3.46. The molecule has 0 saturated heterocycles. The number of halogens is 2. The fourth-order valence-corrected chi connectivity index (χ4v) is 1.70. The van der Waals surface area contributed by atoms with E-state index in [1.54, 1.807) is 6.07 Å². The van der Waals surface area contributed by atoms with E-state index < -0.39 is 11.6 Å². The Morgan fingerprint density at radius 2 is 1.94 bits per heavy atom. The maximum atomic E-state index is 13.4. The van der Waals surface area contributed by atoms with Crippen molar-refractivity contribution >= 4 is 11.4 Å². The van der Waals surface area contributed by atoms with Crippen molar-refractivity contribution in [1.82, 2.24) is 0 Å². The summed E-state index contributed by atoms with van der Waals surface area (Å²) in [5.74, 6) is -1.12. The minimum atomic E-state index is -0.573. The molecule has 2 aromatic carbocycles. The Bertz CT molecular complexity index is 568. The average Bonchev–Trinajstić information content (AvgIpc) is 2.33. The van der Waals surface area contributed by atoms with Crippen molar-refractivity contribution in [2.45, 2.75) is 13.5 Å². The SMILES string of the molecule is Cc1c(N)cccc1NCc1ccc(F)cc1F. The molecule has 3 N–H and O–H groups in total. The van der Waals surface area contributed by atoms with Crippen LogP contribution in [-0.4, -0.2) is 0 Å². The van der Waals surface area contributed by atoms with Gasteiger partial charge < -0.3 is 11.1 Å². The normalized spacial score (nSPS) is 10.4. The molecule has 0 bridgehead atoms. The van der Waals surface area contributed by atoms with Gasteiger partial charge in [0.1, 0.15) is 11.6 Å². The smallest absolute Gasteiger partial charge is 0.131 e. The zero-order chi connectivity index (χ0) is 13.1. The molecule has 0 atom stereocenters. The Hall–Kier alpha value is -2.10. The van der Waals surface area contributed by atoms with Gasteiger partial charge in [0.15, 0.2) is 0 Å². The molecule has 0 saturated carbocycles. The first kappa shape index (κ1) is 12.4. The van der Waals surface area contributed by atoms with Crippen LogP contribution in [0.25, 0.3) is 0 Å². The van der Waals surface area contributed by atoms with Gasteiger partial charge in [-0.25, -0.2) is 8.78 Å². The Morgan fingerprint density at radius 1 is 1.17 bits per heavy atom. The van der Waals surface area contributed by atoms with Gasteiger partial charge in [-0.15, -0.1) is 0 Å². The number of benzene rings is 2. The van der Waals surface area contributed by atoms with Crippen molar-refractivity contribution in [3.63, 3.8) is 0 Å². The molecule has 0 heterocycles. The van der Waals surface area contributed by atoms with E-state index in [1.807, 2.05) is 19.1 Å². The topological polar surface area (TPSA) is 38.0 Å². The zero-order valence-electron chi connectivity index (χ0n) is 10.0. The van der Waals surface area contributed by atoms with Crippen molar-refractivity contribution in [3.05, 3.63) is 59.2 Å².